The fourth-order valence-corrected chi connectivity index (χ4v) is 1.47. The number of rotatable bonds is 1. The van der Waals surface area contributed by atoms with Crippen LogP contribution in [0.15, 0.2) is 48.5 Å². The fourth-order valence-electron chi connectivity index (χ4n) is 1.47. The SMILES string of the molecule is Nc1cccc(-c2ccccc2N)c1.O. The first-order valence-electron chi connectivity index (χ1n) is 4.48. The van der Waals surface area contributed by atoms with E-state index in [9.17, 15) is 0 Å². The summed E-state index contributed by atoms with van der Waals surface area (Å²) < 4.78 is 0. The van der Waals surface area contributed by atoms with Gasteiger partial charge < -0.3 is 16.9 Å². The molecule has 0 aliphatic rings. The molecule has 0 spiro atoms. The first kappa shape index (κ1) is 11.1. The summed E-state index contributed by atoms with van der Waals surface area (Å²) in [6, 6.07) is 15.5. The van der Waals surface area contributed by atoms with Gasteiger partial charge in [-0.3, -0.25) is 0 Å². The standard InChI is InChI=1S/C12H12N2.H2O/c13-10-5-3-4-9(8-10)11-6-1-2-7-12(11)14;/h1-8H,13-14H2;1H2. The molecule has 0 aromatic heterocycles. The number of nitrogen functional groups attached to an aromatic ring is 2. The highest BCUT2D eigenvalue weighted by molar-refractivity contribution is 5.77. The van der Waals surface area contributed by atoms with E-state index in [1.54, 1.807) is 0 Å². The maximum absolute atomic E-state index is 5.86. The predicted octanol–water partition coefficient (Wildman–Crippen LogP) is 1.69. The van der Waals surface area contributed by atoms with Gasteiger partial charge in [-0.25, -0.2) is 0 Å². The number of benzene rings is 2. The number of nitrogens with two attached hydrogens (primary N) is 2. The third-order valence-electron chi connectivity index (χ3n) is 2.16. The lowest BCUT2D eigenvalue weighted by molar-refractivity contribution is 0.824. The van der Waals surface area contributed by atoms with E-state index < -0.39 is 0 Å². The molecule has 3 heteroatoms. The van der Waals surface area contributed by atoms with Gasteiger partial charge in [0, 0.05) is 16.9 Å². The molecule has 0 radical (unpaired) electrons. The molecule has 78 valence electrons. The van der Waals surface area contributed by atoms with E-state index in [-0.39, 0.29) is 5.48 Å². The van der Waals surface area contributed by atoms with Crippen molar-refractivity contribution in [2.75, 3.05) is 11.5 Å². The Balaban J connectivity index is 0.00000112. The van der Waals surface area contributed by atoms with Crippen molar-refractivity contribution in [3.05, 3.63) is 48.5 Å². The lowest BCUT2D eigenvalue weighted by Crippen LogP contribution is -1.90. The van der Waals surface area contributed by atoms with Crippen molar-refractivity contribution in [2.45, 2.75) is 0 Å². The van der Waals surface area contributed by atoms with Crippen LogP contribution in [-0.4, -0.2) is 5.48 Å². The van der Waals surface area contributed by atoms with E-state index in [0.29, 0.717) is 0 Å². The minimum Gasteiger partial charge on any atom is -0.412 e. The van der Waals surface area contributed by atoms with Crippen LogP contribution in [0.4, 0.5) is 11.4 Å². The largest absolute Gasteiger partial charge is 0.412 e. The molecule has 15 heavy (non-hydrogen) atoms. The lowest BCUT2D eigenvalue weighted by atomic mass is 10.0. The van der Waals surface area contributed by atoms with Gasteiger partial charge in [-0.05, 0) is 23.8 Å². The number of hydrogen-bond acceptors (Lipinski definition) is 2. The summed E-state index contributed by atoms with van der Waals surface area (Å²) in [6.07, 6.45) is 0. The Kier molecular flexibility index (Phi) is 3.31. The van der Waals surface area contributed by atoms with E-state index in [1.807, 2.05) is 48.5 Å². The predicted molar refractivity (Wildman–Crippen MR) is 64.3 cm³/mol. The molecule has 2 rings (SSSR count). The third-order valence-corrected chi connectivity index (χ3v) is 2.16. The van der Waals surface area contributed by atoms with Crippen LogP contribution in [0.2, 0.25) is 0 Å². The van der Waals surface area contributed by atoms with Crippen molar-refractivity contribution < 1.29 is 5.48 Å². The smallest absolute Gasteiger partial charge is 0.0393 e. The molecule has 0 saturated carbocycles. The van der Waals surface area contributed by atoms with Gasteiger partial charge in [0.05, 0.1) is 0 Å². The molecule has 6 N–H and O–H groups in total. The van der Waals surface area contributed by atoms with Gasteiger partial charge in [0.2, 0.25) is 0 Å². The summed E-state index contributed by atoms with van der Waals surface area (Å²) in [4.78, 5) is 0. The summed E-state index contributed by atoms with van der Waals surface area (Å²) in [5.41, 5.74) is 15.2. The maximum atomic E-state index is 5.86. The molecule has 0 amide bonds. The van der Waals surface area contributed by atoms with Gasteiger partial charge >= 0.3 is 0 Å². The van der Waals surface area contributed by atoms with Gasteiger partial charge in [-0.2, -0.15) is 0 Å². The Hall–Kier alpha value is -2.00. The van der Waals surface area contributed by atoms with Crippen LogP contribution >= 0.6 is 0 Å². The Morgan fingerprint density at radius 2 is 1.53 bits per heavy atom. The Morgan fingerprint density at radius 3 is 2.20 bits per heavy atom. The van der Waals surface area contributed by atoms with Gasteiger partial charge in [-0.15, -0.1) is 0 Å². The molecule has 3 nitrogen and oxygen atoms in total. The maximum Gasteiger partial charge on any atom is 0.0393 e. The Labute approximate surface area is 88.6 Å². The van der Waals surface area contributed by atoms with E-state index >= 15 is 0 Å². The van der Waals surface area contributed by atoms with E-state index in [0.717, 1.165) is 22.5 Å². The molecule has 0 unspecified atom stereocenters. The van der Waals surface area contributed by atoms with Crippen molar-refractivity contribution in [3.63, 3.8) is 0 Å². The van der Waals surface area contributed by atoms with Crippen LogP contribution in [0.25, 0.3) is 11.1 Å². The zero-order valence-electron chi connectivity index (χ0n) is 8.27. The zero-order valence-corrected chi connectivity index (χ0v) is 8.27. The van der Waals surface area contributed by atoms with Gasteiger partial charge in [0.15, 0.2) is 0 Å². The molecular weight excluding hydrogens is 188 g/mol. The minimum absolute atomic E-state index is 0. The molecule has 2 aromatic rings. The second kappa shape index (κ2) is 4.48. The molecule has 0 saturated heterocycles. The number of hydrogen-bond donors (Lipinski definition) is 2. The van der Waals surface area contributed by atoms with E-state index in [2.05, 4.69) is 0 Å². The first-order valence-corrected chi connectivity index (χ1v) is 4.48. The molecule has 2 aromatic carbocycles. The second-order valence-corrected chi connectivity index (χ2v) is 3.21. The molecule has 0 atom stereocenters. The van der Waals surface area contributed by atoms with Crippen molar-refractivity contribution in [1.82, 2.24) is 0 Å². The molecule has 0 fully saturated rings. The zero-order chi connectivity index (χ0) is 9.97. The molecule has 0 bridgehead atoms. The molecule has 0 heterocycles. The number of anilines is 2. The quantitative estimate of drug-likeness (QED) is 0.690. The van der Waals surface area contributed by atoms with Crippen LogP contribution in [0.3, 0.4) is 0 Å². The van der Waals surface area contributed by atoms with Gasteiger partial charge in [-0.1, -0.05) is 30.3 Å². The average Bonchev–Trinajstić information content (AvgIpc) is 2.18. The van der Waals surface area contributed by atoms with Crippen LogP contribution in [0.5, 0.6) is 0 Å². The highest BCUT2D eigenvalue weighted by Crippen LogP contribution is 2.26. The van der Waals surface area contributed by atoms with Crippen molar-refractivity contribution >= 4 is 11.4 Å². The van der Waals surface area contributed by atoms with Gasteiger partial charge in [0.1, 0.15) is 0 Å². The van der Waals surface area contributed by atoms with Crippen molar-refractivity contribution in [3.8, 4) is 11.1 Å². The third kappa shape index (κ3) is 2.27. The van der Waals surface area contributed by atoms with E-state index in [4.69, 9.17) is 11.5 Å². The van der Waals surface area contributed by atoms with Crippen molar-refractivity contribution in [1.29, 1.82) is 0 Å². The summed E-state index contributed by atoms with van der Waals surface area (Å²) >= 11 is 0. The minimum atomic E-state index is 0. The lowest BCUT2D eigenvalue weighted by Gasteiger charge is -2.05. The Morgan fingerprint density at radius 1 is 0.800 bits per heavy atom. The molecule has 0 aliphatic carbocycles. The van der Waals surface area contributed by atoms with Crippen LogP contribution in [0.1, 0.15) is 0 Å². The van der Waals surface area contributed by atoms with Crippen molar-refractivity contribution in [2.24, 2.45) is 0 Å². The monoisotopic (exact) mass is 202 g/mol. The fraction of sp³-hybridized carbons (Fsp3) is 0. The van der Waals surface area contributed by atoms with E-state index in [1.165, 1.54) is 0 Å². The van der Waals surface area contributed by atoms with Crippen LogP contribution < -0.4 is 11.5 Å². The number of para-hydroxylation sites is 1. The summed E-state index contributed by atoms with van der Waals surface area (Å²) in [5, 5.41) is 0. The van der Waals surface area contributed by atoms with Gasteiger partial charge in [0.25, 0.3) is 0 Å². The summed E-state index contributed by atoms with van der Waals surface area (Å²) in [5.74, 6) is 0. The molecule has 0 aliphatic heterocycles. The second-order valence-electron chi connectivity index (χ2n) is 3.21. The highest BCUT2D eigenvalue weighted by atomic mass is 16.0. The van der Waals surface area contributed by atoms with Crippen LogP contribution in [-0.2, 0) is 0 Å². The average molecular weight is 202 g/mol. The normalized spacial score (nSPS) is 9.33. The highest BCUT2D eigenvalue weighted by Gasteiger charge is 2.00. The summed E-state index contributed by atoms with van der Waals surface area (Å²) in [7, 11) is 0. The van der Waals surface area contributed by atoms with Crippen LogP contribution in [0, 0.1) is 0 Å². The topological polar surface area (TPSA) is 83.5 Å². The molecular formula is C12H14N2O. The summed E-state index contributed by atoms with van der Waals surface area (Å²) in [6.45, 7) is 0. The Bertz CT molecular complexity index is 455. The first-order chi connectivity index (χ1) is 6.77.